The molecule has 0 saturated carbocycles. The molecule has 0 spiro atoms. The van der Waals surface area contributed by atoms with E-state index in [0.717, 1.165) is 4.47 Å². The van der Waals surface area contributed by atoms with Crippen molar-refractivity contribution in [3.05, 3.63) is 50.7 Å². The molecule has 110 valence electrons. The lowest BCUT2D eigenvalue weighted by molar-refractivity contribution is 0.0695. The Morgan fingerprint density at radius 3 is 2.62 bits per heavy atom. The van der Waals surface area contributed by atoms with E-state index in [0.29, 0.717) is 22.4 Å². The highest BCUT2D eigenvalue weighted by Gasteiger charge is 2.14. The summed E-state index contributed by atoms with van der Waals surface area (Å²) in [6, 6.07) is 6.37. The second-order valence-electron chi connectivity index (χ2n) is 4.28. The fourth-order valence-electron chi connectivity index (χ4n) is 1.89. The minimum Gasteiger partial charge on any atom is -0.478 e. The number of carboxylic acid groups (broad SMARTS) is 1. The van der Waals surface area contributed by atoms with Crippen LogP contribution in [0.2, 0.25) is 0 Å². The molecule has 0 aliphatic heterocycles. The number of hydrogen-bond acceptors (Lipinski definition) is 2. The van der Waals surface area contributed by atoms with Gasteiger partial charge in [0.1, 0.15) is 5.69 Å². The third-order valence-corrected chi connectivity index (χ3v) is 4.02. The number of aromatic nitrogens is 1. The maximum Gasteiger partial charge on any atom is 0.336 e. The van der Waals surface area contributed by atoms with Crippen LogP contribution in [0.4, 0.5) is 5.69 Å². The van der Waals surface area contributed by atoms with Crippen LogP contribution < -0.4 is 5.32 Å². The highest BCUT2D eigenvalue weighted by molar-refractivity contribution is 9.10. The van der Waals surface area contributed by atoms with E-state index in [1.165, 1.54) is 6.07 Å². The van der Waals surface area contributed by atoms with Crippen molar-refractivity contribution in [3.8, 4) is 0 Å². The largest absolute Gasteiger partial charge is 0.478 e. The zero-order valence-electron chi connectivity index (χ0n) is 11.1. The van der Waals surface area contributed by atoms with Crippen molar-refractivity contribution >= 4 is 49.4 Å². The van der Waals surface area contributed by atoms with Gasteiger partial charge in [0.05, 0.1) is 5.56 Å². The zero-order chi connectivity index (χ0) is 15.6. The number of benzene rings is 1. The molecule has 0 unspecified atom stereocenters. The molecule has 1 amide bonds. The van der Waals surface area contributed by atoms with Gasteiger partial charge in [0, 0.05) is 27.4 Å². The molecule has 5 nitrogen and oxygen atoms in total. The van der Waals surface area contributed by atoms with Crippen molar-refractivity contribution in [1.82, 2.24) is 4.57 Å². The lowest BCUT2D eigenvalue weighted by Gasteiger charge is -2.09. The third kappa shape index (κ3) is 3.54. The van der Waals surface area contributed by atoms with Crippen molar-refractivity contribution in [2.24, 2.45) is 0 Å². The van der Waals surface area contributed by atoms with Crippen molar-refractivity contribution in [3.63, 3.8) is 0 Å². The summed E-state index contributed by atoms with van der Waals surface area (Å²) < 4.78 is 3.08. The monoisotopic (exact) mass is 414 g/mol. The number of carbonyl (C=O) groups is 2. The molecule has 0 fully saturated rings. The molecule has 2 aromatic rings. The summed E-state index contributed by atoms with van der Waals surface area (Å²) in [5, 5.41) is 11.8. The number of aryl methyl sites for hydroxylation is 1. The summed E-state index contributed by atoms with van der Waals surface area (Å²) in [6.45, 7) is 2.60. The van der Waals surface area contributed by atoms with Crippen molar-refractivity contribution in [1.29, 1.82) is 0 Å². The van der Waals surface area contributed by atoms with Gasteiger partial charge in [-0.3, -0.25) is 4.79 Å². The first-order valence-electron chi connectivity index (χ1n) is 6.12. The van der Waals surface area contributed by atoms with Gasteiger partial charge in [0.15, 0.2) is 0 Å². The van der Waals surface area contributed by atoms with E-state index in [9.17, 15) is 9.59 Å². The first-order chi connectivity index (χ1) is 9.92. The summed E-state index contributed by atoms with van der Waals surface area (Å²) in [5.41, 5.74) is 1.03. The van der Waals surface area contributed by atoms with E-state index in [1.54, 1.807) is 22.8 Å². The molecular weight excluding hydrogens is 404 g/mol. The number of hydrogen-bond donors (Lipinski definition) is 2. The summed E-state index contributed by atoms with van der Waals surface area (Å²) in [7, 11) is 0. The van der Waals surface area contributed by atoms with Gasteiger partial charge >= 0.3 is 5.97 Å². The van der Waals surface area contributed by atoms with Gasteiger partial charge in [-0.2, -0.15) is 0 Å². The molecule has 0 saturated heterocycles. The van der Waals surface area contributed by atoms with Crippen LogP contribution in [-0.4, -0.2) is 21.6 Å². The Labute approximate surface area is 138 Å². The number of rotatable bonds is 4. The van der Waals surface area contributed by atoms with E-state index >= 15 is 0 Å². The lowest BCUT2D eigenvalue weighted by atomic mass is 10.2. The fourth-order valence-corrected chi connectivity index (χ4v) is 2.77. The zero-order valence-corrected chi connectivity index (χ0v) is 14.2. The van der Waals surface area contributed by atoms with Gasteiger partial charge in [0.25, 0.3) is 5.91 Å². The highest BCUT2D eigenvalue weighted by atomic mass is 79.9. The van der Waals surface area contributed by atoms with Crippen molar-refractivity contribution in [2.75, 3.05) is 5.32 Å². The number of carbonyl (C=O) groups excluding carboxylic acids is 1. The summed E-state index contributed by atoms with van der Waals surface area (Å²) in [5.74, 6) is -1.35. The first-order valence-corrected chi connectivity index (χ1v) is 7.71. The number of aromatic carboxylic acids is 1. The predicted molar refractivity (Wildman–Crippen MR) is 86.9 cm³/mol. The van der Waals surface area contributed by atoms with Gasteiger partial charge in [-0.25, -0.2) is 4.79 Å². The van der Waals surface area contributed by atoms with Crippen LogP contribution in [-0.2, 0) is 6.54 Å². The summed E-state index contributed by atoms with van der Waals surface area (Å²) >= 11 is 6.50. The van der Waals surface area contributed by atoms with Crippen LogP contribution in [0.15, 0.2) is 39.4 Å². The molecule has 21 heavy (non-hydrogen) atoms. The van der Waals surface area contributed by atoms with Crippen LogP contribution in [0.3, 0.4) is 0 Å². The molecule has 7 heteroatoms. The number of carboxylic acids is 1. The molecule has 1 heterocycles. The second kappa shape index (κ2) is 6.44. The normalized spacial score (nSPS) is 10.4. The standard InChI is InChI=1S/C14H12Br2N2O3/c1-2-18-7-8(15)5-12(18)13(19)17-9-3-4-11(16)10(6-9)14(20)21/h3-7H,2H2,1H3,(H,17,19)(H,20,21). The minimum atomic E-state index is -1.06. The molecule has 2 rings (SSSR count). The van der Waals surface area contributed by atoms with Gasteiger partial charge in [0.2, 0.25) is 0 Å². The Bertz CT molecular complexity index is 710. The second-order valence-corrected chi connectivity index (χ2v) is 6.05. The quantitative estimate of drug-likeness (QED) is 0.793. The fraction of sp³-hybridized carbons (Fsp3) is 0.143. The van der Waals surface area contributed by atoms with E-state index in [4.69, 9.17) is 5.11 Å². The molecule has 2 N–H and O–H groups in total. The van der Waals surface area contributed by atoms with Gasteiger partial charge < -0.3 is 15.0 Å². The van der Waals surface area contributed by atoms with Crippen LogP contribution in [0.5, 0.6) is 0 Å². The van der Waals surface area contributed by atoms with Gasteiger partial charge in [-0.15, -0.1) is 0 Å². The van der Waals surface area contributed by atoms with Crippen LogP contribution in [0.1, 0.15) is 27.8 Å². The average Bonchev–Trinajstić information content (AvgIpc) is 2.82. The number of amides is 1. The lowest BCUT2D eigenvalue weighted by Crippen LogP contribution is -2.16. The van der Waals surface area contributed by atoms with Gasteiger partial charge in [-0.05, 0) is 63.0 Å². The number of nitrogens with zero attached hydrogens (tertiary/aromatic N) is 1. The molecule has 0 bridgehead atoms. The molecule has 0 radical (unpaired) electrons. The topological polar surface area (TPSA) is 71.3 Å². The first kappa shape index (κ1) is 15.8. The minimum absolute atomic E-state index is 0.0971. The maximum atomic E-state index is 12.3. The Morgan fingerprint density at radius 1 is 1.29 bits per heavy atom. The van der Waals surface area contributed by atoms with Crippen molar-refractivity contribution in [2.45, 2.75) is 13.5 Å². The molecule has 0 aliphatic carbocycles. The third-order valence-electron chi connectivity index (χ3n) is 2.89. The molecule has 0 aliphatic rings. The van der Waals surface area contributed by atoms with E-state index in [1.807, 2.05) is 13.1 Å². The van der Waals surface area contributed by atoms with Crippen molar-refractivity contribution < 1.29 is 14.7 Å². The van der Waals surface area contributed by atoms with E-state index < -0.39 is 5.97 Å². The van der Waals surface area contributed by atoms with Crippen LogP contribution >= 0.6 is 31.9 Å². The SMILES string of the molecule is CCn1cc(Br)cc1C(=O)Nc1ccc(Br)c(C(=O)O)c1. The molecule has 1 aromatic heterocycles. The van der Waals surface area contributed by atoms with E-state index in [-0.39, 0.29) is 11.5 Å². The average molecular weight is 416 g/mol. The molecule has 1 aromatic carbocycles. The predicted octanol–water partition coefficient (Wildman–Crippen LogP) is 3.98. The smallest absolute Gasteiger partial charge is 0.336 e. The number of halogens is 2. The Kier molecular flexibility index (Phi) is 4.84. The Balaban J connectivity index is 2.27. The summed E-state index contributed by atoms with van der Waals surface area (Å²) in [6.07, 6.45) is 1.82. The molecule has 0 atom stereocenters. The Hall–Kier alpha value is -1.60. The van der Waals surface area contributed by atoms with Crippen LogP contribution in [0, 0.1) is 0 Å². The summed E-state index contributed by atoms with van der Waals surface area (Å²) in [4.78, 5) is 23.3. The Morgan fingerprint density at radius 2 is 2.00 bits per heavy atom. The number of nitrogens with one attached hydrogen (secondary N) is 1. The highest BCUT2D eigenvalue weighted by Crippen LogP contribution is 2.22. The number of anilines is 1. The molecular formula is C14H12Br2N2O3. The maximum absolute atomic E-state index is 12.3. The van der Waals surface area contributed by atoms with Gasteiger partial charge in [-0.1, -0.05) is 0 Å². The van der Waals surface area contributed by atoms with Crippen LogP contribution in [0.25, 0.3) is 0 Å². The van der Waals surface area contributed by atoms with E-state index in [2.05, 4.69) is 37.2 Å².